The van der Waals surface area contributed by atoms with Crippen LogP contribution in [0.15, 0.2) is 59.8 Å². The van der Waals surface area contributed by atoms with Gasteiger partial charge >= 0.3 is 0 Å². The highest BCUT2D eigenvalue weighted by Gasteiger charge is 2.21. The minimum atomic E-state index is 0.0778. The number of aromatic nitrogens is 4. The van der Waals surface area contributed by atoms with Crippen molar-refractivity contribution in [1.29, 1.82) is 0 Å². The Bertz CT molecular complexity index is 913. The van der Waals surface area contributed by atoms with E-state index in [2.05, 4.69) is 37.2 Å². The lowest BCUT2D eigenvalue weighted by Crippen LogP contribution is -2.36. The van der Waals surface area contributed by atoms with Crippen molar-refractivity contribution in [1.82, 2.24) is 25.1 Å². The maximum Gasteiger partial charge on any atom is 0.230 e. The van der Waals surface area contributed by atoms with Gasteiger partial charge in [-0.2, -0.15) is 0 Å². The molecule has 1 aliphatic rings. The molecule has 28 heavy (non-hydrogen) atoms. The Kier molecular flexibility index (Phi) is 6.01. The Morgan fingerprint density at radius 3 is 2.75 bits per heavy atom. The first-order chi connectivity index (χ1) is 13.8. The van der Waals surface area contributed by atoms with Gasteiger partial charge < -0.3 is 9.88 Å². The largest absolute Gasteiger partial charge is 0.353 e. The smallest absolute Gasteiger partial charge is 0.230 e. The van der Waals surface area contributed by atoms with Gasteiger partial charge in [0.15, 0.2) is 0 Å². The summed E-state index contributed by atoms with van der Waals surface area (Å²) in [4.78, 5) is 17.4. The second kappa shape index (κ2) is 9.01. The number of rotatable bonds is 6. The molecule has 6 nitrogen and oxygen atoms in total. The summed E-state index contributed by atoms with van der Waals surface area (Å²) >= 11 is 1.54. The first-order valence-electron chi connectivity index (χ1n) is 9.55. The standard InChI is InChI=1S/C21H23N5OS/c27-21(15-28-18-8-11-22-12-9-18)23-17-6-7-19-24-25-20(26(19)13-10-17)14-16-4-2-1-3-5-16/h1-5,8-9,11-12,17H,6-7,10,13-15H2,(H,23,27). The number of nitrogens with one attached hydrogen (secondary N) is 1. The summed E-state index contributed by atoms with van der Waals surface area (Å²) in [5, 5.41) is 12.0. The molecule has 2 aromatic heterocycles. The molecule has 0 saturated carbocycles. The van der Waals surface area contributed by atoms with Crippen LogP contribution in [0.5, 0.6) is 0 Å². The lowest BCUT2D eigenvalue weighted by Gasteiger charge is -2.16. The molecule has 1 atom stereocenters. The van der Waals surface area contributed by atoms with E-state index < -0.39 is 0 Å². The van der Waals surface area contributed by atoms with Gasteiger partial charge in [0.2, 0.25) is 5.91 Å². The van der Waals surface area contributed by atoms with Gasteiger partial charge in [0.1, 0.15) is 11.6 Å². The van der Waals surface area contributed by atoms with Crippen molar-refractivity contribution in [2.24, 2.45) is 0 Å². The normalized spacial score (nSPS) is 16.2. The third-order valence-corrected chi connectivity index (χ3v) is 5.92. The Labute approximate surface area is 168 Å². The van der Waals surface area contributed by atoms with E-state index in [-0.39, 0.29) is 11.9 Å². The van der Waals surface area contributed by atoms with E-state index in [9.17, 15) is 4.79 Å². The van der Waals surface area contributed by atoms with Crippen LogP contribution < -0.4 is 5.32 Å². The number of benzene rings is 1. The van der Waals surface area contributed by atoms with Crippen LogP contribution in [0.1, 0.15) is 30.1 Å². The average molecular weight is 394 g/mol. The maximum atomic E-state index is 12.3. The molecule has 3 heterocycles. The molecule has 7 heteroatoms. The van der Waals surface area contributed by atoms with E-state index in [0.717, 1.165) is 48.8 Å². The van der Waals surface area contributed by atoms with Gasteiger partial charge in [-0.15, -0.1) is 22.0 Å². The summed E-state index contributed by atoms with van der Waals surface area (Å²) < 4.78 is 2.23. The van der Waals surface area contributed by atoms with E-state index >= 15 is 0 Å². The molecule has 1 aromatic carbocycles. The van der Waals surface area contributed by atoms with Crippen LogP contribution in [0.25, 0.3) is 0 Å². The Balaban J connectivity index is 1.31. The molecule has 4 rings (SSSR count). The van der Waals surface area contributed by atoms with E-state index in [0.29, 0.717) is 5.75 Å². The van der Waals surface area contributed by atoms with Gasteiger partial charge in [0.25, 0.3) is 0 Å². The molecule has 1 aliphatic heterocycles. The monoisotopic (exact) mass is 393 g/mol. The molecule has 0 aliphatic carbocycles. The van der Waals surface area contributed by atoms with Gasteiger partial charge in [-0.3, -0.25) is 9.78 Å². The van der Waals surface area contributed by atoms with Crippen LogP contribution in [0.2, 0.25) is 0 Å². The van der Waals surface area contributed by atoms with Crippen LogP contribution in [0.3, 0.4) is 0 Å². The fraction of sp³-hybridized carbons (Fsp3) is 0.333. The van der Waals surface area contributed by atoms with Crippen LogP contribution in [0, 0.1) is 0 Å². The second-order valence-corrected chi connectivity index (χ2v) is 7.96. The van der Waals surface area contributed by atoms with Crippen molar-refractivity contribution in [3.63, 3.8) is 0 Å². The van der Waals surface area contributed by atoms with Crippen molar-refractivity contribution >= 4 is 17.7 Å². The quantitative estimate of drug-likeness (QED) is 0.652. The van der Waals surface area contributed by atoms with Crippen LogP contribution in [0.4, 0.5) is 0 Å². The number of nitrogens with zero attached hydrogens (tertiary/aromatic N) is 4. The lowest BCUT2D eigenvalue weighted by atomic mass is 10.1. The number of amides is 1. The zero-order valence-corrected chi connectivity index (χ0v) is 16.4. The molecular formula is C21H23N5OS. The van der Waals surface area contributed by atoms with Crippen molar-refractivity contribution in [3.05, 3.63) is 72.1 Å². The van der Waals surface area contributed by atoms with E-state index in [1.54, 1.807) is 12.4 Å². The van der Waals surface area contributed by atoms with Gasteiger partial charge in [-0.05, 0) is 30.5 Å². The van der Waals surface area contributed by atoms with Crippen LogP contribution in [-0.2, 0) is 24.2 Å². The number of pyridine rings is 1. The Morgan fingerprint density at radius 2 is 1.93 bits per heavy atom. The maximum absolute atomic E-state index is 12.3. The van der Waals surface area contributed by atoms with Crippen LogP contribution in [-0.4, -0.2) is 37.5 Å². The molecule has 0 bridgehead atoms. The topological polar surface area (TPSA) is 72.7 Å². The molecule has 3 aromatic rings. The molecule has 1 unspecified atom stereocenters. The highest BCUT2D eigenvalue weighted by molar-refractivity contribution is 8.00. The lowest BCUT2D eigenvalue weighted by molar-refractivity contribution is -0.119. The first-order valence-corrected chi connectivity index (χ1v) is 10.5. The molecular weight excluding hydrogens is 370 g/mol. The van der Waals surface area contributed by atoms with Crippen molar-refractivity contribution in [3.8, 4) is 0 Å². The SMILES string of the molecule is O=C(CSc1ccncc1)NC1CCc2nnc(Cc3ccccc3)n2CC1. The predicted octanol–water partition coefficient (Wildman–Crippen LogP) is 2.88. The van der Waals surface area contributed by atoms with Crippen LogP contribution >= 0.6 is 11.8 Å². The summed E-state index contributed by atoms with van der Waals surface area (Å²) in [5.41, 5.74) is 1.24. The average Bonchev–Trinajstić information content (AvgIpc) is 2.99. The molecule has 144 valence electrons. The number of carbonyl (C=O) groups excluding carboxylic acids is 1. The van der Waals surface area contributed by atoms with E-state index in [4.69, 9.17) is 0 Å². The Morgan fingerprint density at radius 1 is 1.11 bits per heavy atom. The first kappa shape index (κ1) is 18.7. The van der Waals surface area contributed by atoms with Gasteiger partial charge in [-0.25, -0.2) is 0 Å². The van der Waals surface area contributed by atoms with Gasteiger partial charge in [0, 0.05) is 42.7 Å². The summed E-state index contributed by atoms with van der Waals surface area (Å²) in [7, 11) is 0. The molecule has 0 saturated heterocycles. The number of carbonyl (C=O) groups is 1. The van der Waals surface area contributed by atoms with Gasteiger partial charge in [-0.1, -0.05) is 30.3 Å². The minimum absolute atomic E-state index is 0.0778. The van der Waals surface area contributed by atoms with Crippen molar-refractivity contribution < 1.29 is 4.79 Å². The molecule has 0 spiro atoms. The van der Waals surface area contributed by atoms with E-state index in [1.165, 1.54) is 17.3 Å². The molecule has 1 N–H and O–H groups in total. The third kappa shape index (κ3) is 4.78. The number of fused-ring (bicyclic) bond motifs is 1. The Hall–Kier alpha value is -2.67. The highest BCUT2D eigenvalue weighted by Crippen LogP contribution is 2.19. The number of aryl methyl sites for hydroxylation is 1. The molecule has 0 radical (unpaired) electrons. The van der Waals surface area contributed by atoms with E-state index in [1.807, 2.05) is 30.3 Å². The molecule has 0 fully saturated rings. The predicted molar refractivity (Wildman–Crippen MR) is 109 cm³/mol. The number of thioether (sulfide) groups is 1. The van der Waals surface area contributed by atoms with Gasteiger partial charge in [0.05, 0.1) is 5.75 Å². The summed E-state index contributed by atoms with van der Waals surface area (Å²) in [5.74, 6) is 2.52. The fourth-order valence-corrected chi connectivity index (χ4v) is 4.15. The number of hydrogen-bond acceptors (Lipinski definition) is 5. The minimum Gasteiger partial charge on any atom is -0.353 e. The van der Waals surface area contributed by atoms with Crippen molar-refractivity contribution in [2.45, 2.75) is 43.2 Å². The van der Waals surface area contributed by atoms with Crippen molar-refractivity contribution in [2.75, 3.05) is 5.75 Å². The zero-order chi connectivity index (χ0) is 19.2. The second-order valence-electron chi connectivity index (χ2n) is 6.91. The fourth-order valence-electron chi connectivity index (χ4n) is 3.45. The highest BCUT2D eigenvalue weighted by atomic mass is 32.2. The zero-order valence-electron chi connectivity index (χ0n) is 15.6. The summed E-state index contributed by atoms with van der Waals surface area (Å²) in [6.45, 7) is 0.840. The summed E-state index contributed by atoms with van der Waals surface area (Å²) in [6, 6.07) is 14.4. The number of hydrogen-bond donors (Lipinski definition) is 1. The molecule has 1 amide bonds. The summed E-state index contributed by atoms with van der Waals surface area (Å²) in [6.07, 6.45) is 6.91. The third-order valence-electron chi connectivity index (χ3n) is 4.91.